The van der Waals surface area contributed by atoms with Gasteiger partial charge in [-0.1, -0.05) is 6.92 Å². The minimum absolute atomic E-state index is 0.0472. The molecule has 0 fully saturated rings. The highest BCUT2D eigenvalue weighted by molar-refractivity contribution is 7.89. The van der Waals surface area contributed by atoms with Crippen molar-refractivity contribution >= 4 is 21.9 Å². The summed E-state index contributed by atoms with van der Waals surface area (Å²) in [6, 6.07) is 0. The van der Waals surface area contributed by atoms with Gasteiger partial charge in [-0.2, -0.15) is 4.31 Å². The number of esters is 1. The largest absolute Gasteiger partial charge is 0.469 e. The Hall–Kier alpha value is -1.15. The molecular formula is C11H22N2O5S. The van der Waals surface area contributed by atoms with Crippen LogP contribution < -0.4 is 5.32 Å². The Kier molecular flexibility index (Phi) is 8.33. The van der Waals surface area contributed by atoms with E-state index < -0.39 is 16.0 Å². The summed E-state index contributed by atoms with van der Waals surface area (Å²) >= 11 is 0. The number of rotatable bonds is 9. The first kappa shape index (κ1) is 17.8. The molecule has 112 valence electrons. The molecule has 0 saturated heterocycles. The number of carbonyl (C=O) groups excluding carboxylic acids is 2. The van der Waals surface area contributed by atoms with Crippen LogP contribution in [0.3, 0.4) is 0 Å². The Balaban J connectivity index is 4.17. The van der Waals surface area contributed by atoms with E-state index in [1.165, 1.54) is 14.2 Å². The summed E-state index contributed by atoms with van der Waals surface area (Å²) in [6.45, 7) is 2.23. The maximum Gasteiger partial charge on any atom is 0.305 e. The smallest absolute Gasteiger partial charge is 0.305 e. The van der Waals surface area contributed by atoms with Gasteiger partial charge in [0.05, 0.1) is 19.4 Å². The molecular weight excluding hydrogens is 272 g/mol. The number of sulfonamides is 1. The third kappa shape index (κ3) is 7.78. The first-order valence-corrected chi connectivity index (χ1v) is 7.72. The molecule has 0 saturated carbocycles. The lowest BCUT2D eigenvalue weighted by Crippen LogP contribution is -2.39. The van der Waals surface area contributed by atoms with Gasteiger partial charge >= 0.3 is 5.97 Å². The lowest BCUT2D eigenvalue weighted by atomic mass is 10.3. The number of carbonyl (C=O) groups is 2. The van der Waals surface area contributed by atoms with Crippen molar-refractivity contribution in [3.8, 4) is 0 Å². The Morgan fingerprint density at radius 3 is 2.47 bits per heavy atom. The minimum atomic E-state index is -3.52. The van der Waals surface area contributed by atoms with Crippen LogP contribution in [0.25, 0.3) is 0 Å². The molecule has 0 bridgehead atoms. The molecule has 0 atom stereocenters. The number of ether oxygens (including phenoxy) is 1. The van der Waals surface area contributed by atoms with Gasteiger partial charge < -0.3 is 10.1 Å². The summed E-state index contributed by atoms with van der Waals surface area (Å²) in [5, 5.41) is 2.60. The van der Waals surface area contributed by atoms with Gasteiger partial charge in [-0.15, -0.1) is 0 Å². The summed E-state index contributed by atoms with van der Waals surface area (Å²) in [6.07, 6.45) is 1.02. The molecule has 0 heterocycles. The van der Waals surface area contributed by atoms with E-state index in [1.807, 2.05) is 6.92 Å². The molecule has 8 heteroatoms. The molecule has 7 nitrogen and oxygen atoms in total. The number of amides is 1. The van der Waals surface area contributed by atoms with Crippen LogP contribution in [0.5, 0.6) is 0 Å². The van der Waals surface area contributed by atoms with E-state index >= 15 is 0 Å². The van der Waals surface area contributed by atoms with Gasteiger partial charge in [-0.3, -0.25) is 9.59 Å². The molecule has 0 aliphatic rings. The molecule has 0 unspecified atom stereocenters. The number of hydrogen-bond donors (Lipinski definition) is 1. The summed E-state index contributed by atoms with van der Waals surface area (Å²) < 4.78 is 29.0. The maximum atomic E-state index is 11.8. The Labute approximate surface area is 114 Å². The number of likely N-dealkylation sites (N-methyl/N-ethyl adjacent to an activating group) is 1. The molecule has 0 aliphatic heterocycles. The maximum absolute atomic E-state index is 11.8. The topological polar surface area (TPSA) is 92.8 Å². The van der Waals surface area contributed by atoms with Crippen molar-refractivity contribution < 1.29 is 22.7 Å². The average Bonchev–Trinajstić information content (AvgIpc) is 2.35. The van der Waals surface area contributed by atoms with E-state index in [-0.39, 0.29) is 31.0 Å². The van der Waals surface area contributed by atoms with Crippen LogP contribution in [-0.4, -0.2) is 57.6 Å². The highest BCUT2D eigenvalue weighted by Crippen LogP contribution is 2.03. The van der Waals surface area contributed by atoms with E-state index in [0.717, 1.165) is 10.7 Å². The Morgan fingerprint density at radius 1 is 1.32 bits per heavy atom. The highest BCUT2D eigenvalue weighted by Gasteiger charge is 2.20. The molecule has 0 aromatic rings. The SMILES string of the molecule is CCCNC(=O)CN(C)S(=O)(=O)CCCC(=O)OC. The number of methoxy groups -OCH3 is 1. The van der Waals surface area contributed by atoms with Crippen molar-refractivity contribution in [3.63, 3.8) is 0 Å². The summed E-state index contributed by atoms with van der Waals surface area (Å²) in [7, 11) is -0.922. The van der Waals surface area contributed by atoms with Gasteiger partial charge in [0.25, 0.3) is 0 Å². The fourth-order valence-electron chi connectivity index (χ4n) is 1.28. The molecule has 0 spiro atoms. The van der Waals surface area contributed by atoms with Gasteiger partial charge in [0.1, 0.15) is 0 Å². The summed E-state index contributed by atoms with van der Waals surface area (Å²) in [5.41, 5.74) is 0. The van der Waals surface area contributed by atoms with Crippen molar-refractivity contribution in [2.24, 2.45) is 0 Å². The van der Waals surface area contributed by atoms with Crippen LogP contribution in [0.15, 0.2) is 0 Å². The van der Waals surface area contributed by atoms with Crippen molar-refractivity contribution in [1.82, 2.24) is 9.62 Å². The first-order chi connectivity index (χ1) is 8.83. The van der Waals surface area contributed by atoms with Crippen LogP contribution in [-0.2, 0) is 24.3 Å². The Bertz CT molecular complexity index is 394. The van der Waals surface area contributed by atoms with Gasteiger partial charge in [-0.05, 0) is 12.8 Å². The van der Waals surface area contributed by atoms with E-state index in [1.54, 1.807) is 0 Å². The van der Waals surface area contributed by atoms with E-state index in [0.29, 0.717) is 6.54 Å². The molecule has 19 heavy (non-hydrogen) atoms. The van der Waals surface area contributed by atoms with E-state index in [9.17, 15) is 18.0 Å². The molecule has 0 aromatic carbocycles. The average molecular weight is 294 g/mol. The molecule has 1 amide bonds. The van der Waals surface area contributed by atoms with Crippen LogP contribution in [0.1, 0.15) is 26.2 Å². The highest BCUT2D eigenvalue weighted by atomic mass is 32.2. The van der Waals surface area contributed by atoms with Crippen molar-refractivity contribution in [1.29, 1.82) is 0 Å². The zero-order valence-electron chi connectivity index (χ0n) is 11.6. The number of nitrogens with zero attached hydrogens (tertiary/aromatic N) is 1. The van der Waals surface area contributed by atoms with Crippen LogP contribution >= 0.6 is 0 Å². The van der Waals surface area contributed by atoms with Gasteiger partial charge in [0.2, 0.25) is 15.9 Å². The minimum Gasteiger partial charge on any atom is -0.469 e. The molecule has 0 aliphatic carbocycles. The van der Waals surface area contributed by atoms with Crippen LogP contribution in [0.2, 0.25) is 0 Å². The van der Waals surface area contributed by atoms with Crippen molar-refractivity contribution in [3.05, 3.63) is 0 Å². The second-order valence-electron chi connectivity index (χ2n) is 4.10. The summed E-state index contributed by atoms with van der Waals surface area (Å²) in [5.74, 6) is -0.959. The lowest BCUT2D eigenvalue weighted by Gasteiger charge is -2.16. The zero-order chi connectivity index (χ0) is 14.9. The number of nitrogens with one attached hydrogen (secondary N) is 1. The number of hydrogen-bond acceptors (Lipinski definition) is 5. The zero-order valence-corrected chi connectivity index (χ0v) is 12.5. The molecule has 0 rings (SSSR count). The van der Waals surface area contributed by atoms with Gasteiger partial charge in [0, 0.05) is 20.0 Å². The van der Waals surface area contributed by atoms with E-state index in [4.69, 9.17) is 0 Å². The van der Waals surface area contributed by atoms with E-state index in [2.05, 4.69) is 10.1 Å². The van der Waals surface area contributed by atoms with Gasteiger partial charge in [0.15, 0.2) is 0 Å². The lowest BCUT2D eigenvalue weighted by molar-refractivity contribution is -0.140. The normalized spacial score (nSPS) is 11.4. The predicted octanol–water partition coefficient (Wildman–Crippen LogP) is -0.273. The van der Waals surface area contributed by atoms with Gasteiger partial charge in [-0.25, -0.2) is 8.42 Å². The Morgan fingerprint density at radius 2 is 1.95 bits per heavy atom. The molecule has 1 N–H and O–H groups in total. The van der Waals surface area contributed by atoms with Crippen LogP contribution in [0, 0.1) is 0 Å². The molecule has 0 aromatic heterocycles. The third-order valence-electron chi connectivity index (χ3n) is 2.42. The van der Waals surface area contributed by atoms with Crippen molar-refractivity contribution in [2.75, 3.05) is 33.0 Å². The standard InChI is InChI=1S/C11H22N2O5S/c1-4-7-12-10(14)9-13(2)19(16,17)8-5-6-11(15)18-3/h4-9H2,1-3H3,(H,12,14). The third-order valence-corrected chi connectivity index (χ3v) is 4.31. The molecule has 0 radical (unpaired) electrons. The second-order valence-corrected chi connectivity index (χ2v) is 6.30. The van der Waals surface area contributed by atoms with Crippen molar-refractivity contribution in [2.45, 2.75) is 26.2 Å². The fraction of sp³-hybridized carbons (Fsp3) is 0.818. The van der Waals surface area contributed by atoms with Crippen LogP contribution in [0.4, 0.5) is 0 Å². The monoisotopic (exact) mass is 294 g/mol. The predicted molar refractivity (Wildman–Crippen MR) is 71.0 cm³/mol. The second kappa shape index (κ2) is 8.87. The first-order valence-electron chi connectivity index (χ1n) is 6.11. The summed E-state index contributed by atoms with van der Waals surface area (Å²) in [4.78, 5) is 22.3. The fourth-order valence-corrected chi connectivity index (χ4v) is 2.41. The quantitative estimate of drug-likeness (QED) is 0.591.